The molecule has 0 radical (unpaired) electrons. The summed E-state index contributed by atoms with van der Waals surface area (Å²) in [6.45, 7) is 6.47. The molecule has 4 rings (SSSR count). The third-order valence-electron chi connectivity index (χ3n) is 5.28. The van der Waals surface area contributed by atoms with Gasteiger partial charge >= 0.3 is 6.09 Å². The molecule has 1 amide bonds. The molecule has 1 aliphatic heterocycles. The maximum Gasteiger partial charge on any atom is 0.410 e. The normalized spacial score (nSPS) is 14.7. The van der Waals surface area contributed by atoms with Gasteiger partial charge in [0.1, 0.15) is 17.2 Å². The largest absolute Gasteiger partial charge is 0.410 e. The van der Waals surface area contributed by atoms with E-state index in [1.807, 2.05) is 18.2 Å². The number of aromatic nitrogens is 3. The van der Waals surface area contributed by atoms with Gasteiger partial charge in [-0.05, 0) is 37.2 Å². The molecule has 1 saturated heterocycles. The molecule has 1 fully saturated rings. The highest BCUT2D eigenvalue weighted by atomic mass is 16.5. The number of amides is 1. The summed E-state index contributed by atoms with van der Waals surface area (Å²) in [6.07, 6.45) is 2.04. The van der Waals surface area contributed by atoms with Gasteiger partial charge in [-0.2, -0.15) is 0 Å². The molecule has 0 spiro atoms. The van der Waals surface area contributed by atoms with Crippen LogP contribution in [0.15, 0.2) is 36.5 Å². The molecule has 0 atom stereocenters. The summed E-state index contributed by atoms with van der Waals surface area (Å²) in [4.78, 5) is 28.2. The highest BCUT2D eigenvalue weighted by molar-refractivity contribution is 5.87. The number of carbonyl (C=O) groups excluding carboxylic acids is 1. The van der Waals surface area contributed by atoms with Crippen molar-refractivity contribution in [3.05, 3.63) is 36.5 Å². The van der Waals surface area contributed by atoms with Crippen LogP contribution in [-0.2, 0) is 0 Å². The fourth-order valence-corrected chi connectivity index (χ4v) is 3.67. The molecule has 158 valence electrons. The highest BCUT2D eigenvalue weighted by Gasteiger charge is 2.13. The minimum absolute atomic E-state index is 0.330. The maximum atomic E-state index is 11.1. The number of hydrogen-bond donors (Lipinski definition) is 3. The Labute approximate surface area is 175 Å². The predicted molar refractivity (Wildman–Crippen MR) is 117 cm³/mol. The lowest BCUT2D eigenvalue weighted by Crippen LogP contribution is -2.44. The van der Waals surface area contributed by atoms with Gasteiger partial charge in [0.25, 0.3) is 0 Å². The minimum atomic E-state index is -0.863. The number of H-pyrrole nitrogens is 1. The zero-order valence-corrected chi connectivity index (χ0v) is 17.1. The number of anilines is 1. The van der Waals surface area contributed by atoms with Crippen molar-refractivity contribution in [1.82, 2.24) is 25.2 Å². The molecular weight excluding hydrogens is 382 g/mol. The second-order valence-electron chi connectivity index (χ2n) is 7.43. The number of pyridine rings is 1. The van der Waals surface area contributed by atoms with Gasteiger partial charge in [0.15, 0.2) is 5.75 Å². The Hall–Kier alpha value is -3.17. The number of rotatable bonds is 7. The van der Waals surface area contributed by atoms with Gasteiger partial charge in [-0.3, -0.25) is 0 Å². The Bertz CT molecular complexity index is 996. The second kappa shape index (κ2) is 9.10. The number of imidazole rings is 1. The van der Waals surface area contributed by atoms with Crippen molar-refractivity contribution in [3.63, 3.8) is 0 Å². The number of hydrogen-bond acceptors (Lipinski definition) is 7. The van der Waals surface area contributed by atoms with Crippen molar-refractivity contribution in [2.45, 2.75) is 6.42 Å². The Morgan fingerprint density at radius 3 is 2.83 bits per heavy atom. The van der Waals surface area contributed by atoms with Crippen LogP contribution in [0.2, 0.25) is 0 Å². The van der Waals surface area contributed by atoms with Gasteiger partial charge in [-0.1, -0.05) is 6.07 Å². The highest BCUT2D eigenvalue weighted by Crippen LogP contribution is 2.27. The third kappa shape index (κ3) is 4.69. The van der Waals surface area contributed by atoms with E-state index < -0.39 is 6.09 Å². The summed E-state index contributed by atoms with van der Waals surface area (Å²) in [5.74, 6) is 1.91. The van der Waals surface area contributed by atoms with Crippen LogP contribution in [0.4, 0.5) is 10.6 Å². The van der Waals surface area contributed by atoms with Crippen molar-refractivity contribution in [2.24, 2.45) is 5.73 Å². The number of carbonyl (C=O) groups is 1. The molecule has 0 bridgehead atoms. The molecule has 3 heterocycles. The third-order valence-corrected chi connectivity index (χ3v) is 5.28. The van der Waals surface area contributed by atoms with E-state index in [1.165, 1.54) is 0 Å². The molecule has 0 aliphatic carbocycles. The van der Waals surface area contributed by atoms with Crippen LogP contribution in [0.1, 0.15) is 6.42 Å². The Balaban J connectivity index is 1.41. The average Bonchev–Trinajstić information content (AvgIpc) is 3.20. The lowest BCUT2D eigenvalue weighted by atomic mass is 10.2. The van der Waals surface area contributed by atoms with E-state index in [9.17, 15) is 4.79 Å². The van der Waals surface area contributed by atoms with Crippen molar-refractivity contribution in [3.8, 4) is 17.1 Å². The first-order valence-corrected chi connectivity index (χ1v) is 10.2. The van der Waals surface area contributed by atoms with Gasteiger partial charge < -0.3 is 30.6 Å². The molecule has 0 unspecified atom stereocenters. The van der Waals surface area contributed by atoms with Gasteiger partial charge in [-0.15, -0.1) is 0 Å². The Morgan fingerprint density at radius 1 is 1.27 bits per heavy atom. The molecule has 9 heteroatoms. The number of nitrogens with two attached hydrogens (primary N) is 1. The molecular formula is C21H27N7O2. The monoisotopic (exact) mass is 409 g/mol. The summed E-state index contributed by atoms with van der Waals surface area (Å²) in [7, 11) is 2.06. The fourth-order valence-electron chi connectivity index (χ4n) is 3.67. The minimum Gasteiger partial charge on any atom is -0.408 e. The zero-order chi connectivity index (χ0) is 20.9. The number of primary amides is 1. The molecule has 1 aliphatic rings. The van der Waals surface area contributed by atoms with Gasteiger partial charge in [-0.25, -0.2) is 14.8 Å². The summed E-state index contributed by atoms with van der Waals surface area (Å²) < 4.78 is 5.04. The van der Waals surface area contributed by atoms with Crippen LogP contribution >= 0.6 is 0 Å². The fraction of sp³-hybridized carbons (Fsp3) is 0.381. The number of nitrogens with one attached hydrogen (secondary N) is 2. The lowest BCUT2D eigenvalue weighted by molar-refractivity contribution is 0.211. The van der Waals surface area contributed by atoms with Gasteiger partial charge in [0.05, 0.1) is 5.52 Å². The Kier molecular flexibility index (Phi) is 6.10. The molecule has 30 heavy (non-hydrogen) atoms. The maximum absolute atomic E-state index is 11.1. The van der Waals surface area contributed by atoms with Gasteiger partial charge in [0.2, 0.25) is 0 Å². The van der Waals surface area contributed by atoms with Crippen LogP contribution in [-0.4, -0.2) is 72.3 Å². The number of para-hydroxylation sites is 1. The molecule has 3 aromatic rings. The van der Waals surface area contributed by atoms with Crippen LogP contribution < -0.4 is 20.7 Å². The quantitative estimate of drug-likeness (QED) is 0.545. The summed E-state index contributed by atoms with van der Waals surface area (Å²) in [5, 5.41) is 3.38. The number of ether oxygens (including phenoxy) is 1. The smallest absolute Gasteiger partial charge is 0.408 e. The van der Waals surface area contributed by atoms with Crippen LogP contribution in [0.3, 0.4) is 0 Å². The first-order chi connectivity index (χ1) is 14.6. The summed E-state index contributed by atoms with van der Waals surface area (Å²) in [5.41, 5.74) is 7.31. The zero-order valence-electron chi connectivity index (χ0n) is 17.1. The summed E-state index contributed by atoms with van der Waals surface area (Å²) in [6, 6.07) is 9.29. The van der Waals surface area contributed by atoms with Crippen molar-refractivity contribution >= 4 is 22.9 Å². The second-order valence-corrected chi connectivity index (χ2v) is 7.43. The number of piperazine rings is 1. The lowest BCUT2D eigenvalue weighted by Gasteiger charge is -2.28. The van der Waals surface area contributed by atoms with E-state index in [1.54, 1.807) is 18.3 Å². The molecule has 9 nitrogen and oxygen atoms in total. The van der Waals surface area contributed by atoms with Crippen molar-refractivity contribution < 1.29 is 9.53 Å². The number of benzene rings is 1. The van der Waals surface area contributed by atoms with E-state index in [0.29, 0.717) is 17.1 Å². The Morgan fingerprint density at radius 2 is 2.10 bits per heavy atom. The first-order valence-electron chi connectivity index (χ1n) is 10.2. The SMILES string of the molecule is CN(CCCN1CCNCC1)c1ccc(-c2nc3c(OC(N)=O)cccc3[nH]2)cn1. The molecule has 2 aromatic heterocycles. The average molecular weight is 409 g/mol. The molecule has 1 aromatic carbocycles. The topological polar surface area (TPSA) is 112 Å². The number of fused-ring (bicyclic) bond motifs is 1. The van der Waals surface area contributed by atoms with Crippen molar-refractivity contribution in [1.29, 1.82) is 0 Å². The predicted octanol–water partition coefficient (Wildman–Crippen LogP) is 1.81. The number of aromatic amines is 1. The van der Waals surface area contributed by atoms with E-state index in [4.69, 9.17) is 10.5 Å². The molecule has 0 saturated carbocycles. The number of nitrogens with zero attached hydrogens (tertiary/aromatic N) is 4. The van der Waals surface area contributed by atoms with E-state index in [2.05, 4.69) is 37.1 Å². The summed E-state index contributed by atoms with van der Waals surface area (Å²) >= 11 is 0. The van der Waals surface area contributed by atoms with Crippen molar-refractivity contribution in [2.75, 3.05) is 51.2 Å². The van der Waals surface area contributed by atoms with Gasteiger partial charge in [0, 0.05) is 51.5 Å². The van der Waals surface area contributed by atoms with Crippen LogP contribution in [0.25, 0.3) is 22.4 Å². The van der Waals surface area contributed by atoms with E-state index >= 15 is 0 Å². The van der Waals surface area contributed by atoms with Crippen LogP contribution in [0.5, 0.6) is 5.75 Å². The van der Waals surface area contributed by atoms with E-state index in [0.717, 1.165) is 62.6 Å². The molecule has 4 N–H and O–H groups in total. The standard InChI is InChI=1S/C21H27N7O2/c1-27(10-3-11-28-12-8-23-9-13-28)18-7-6-15(14-24-18)20-25-16-4-2-5-17(19(16)26-20)30-21(22)29/h2,4-7,14,23H,3,8-13H2,1H3,(H2,22,29)(H,25,26). The van der Waals surface area contributed by atoms with E-state index in [-0.39, 0.29) is 0 Å². The van der Waals surface area contributed by atoms with Crippen LogP contribution in [0, 0.1) is 0 Å². The first kappa shape index (κ1) is 20.1.